The molecule has 2 heterocycles. The number of ether oxygens (including phenoxy) is 2. The van der Waals surface area contributed by atoms with Crippen LogP contribution in [-0.2, 0) is 18.3 Å². The number of anilines is 1. The second-order valence-corrected chi connectivity index (χ2v) is 5.84. The molecule has 1 aromatic heterocycles. The Balaban J connectivity index is 1.86. The van der Waals surface area contributed by atoms with Gasteiger partial charge in [0.2, 0.25) is 12.7 Å². The van der Waals surface area contributed by atoms with E-state index in [0.29, 0.717) is 29.3 Å². The molecule has 0 bridgehead atoms. The molecule has 3 N–H and O–H groups in total. The minimum Gasteiger partial charge on any atom is -0.454 e. The fraction of sp³-hybridized carbons (Fsp3) is 0.353. The highest BCUT2D eigenvalue weighted by atomic mass is 16.7. The van der Waals surface area contributed by atoms with Crippen LogP contribution >= 0.6 is 0 Å². The number of aromatic nitrogens is 2. The van der Waals surface area contributed by atoms with E-state index in [1.165, 1.54) is 4.68 Å². The number of hydrogen-bond acceptors (Lipinski definition) is 5. The summed E-state index contributed by atoms with van der Waals surface area (Å²) in [6.45, 7) is 3.85. The molecular weight excluding hydrogens is 324 g/mol. The highest BCUT2D eigenvalue weighted by molar-refractivity contribution is 6.04. The van der Waals surface area contributed by atoms with Crippen LogP contribution in [0.2, 0.25) is 0 Å². The first-order valence-electron chi connectivity index (χ1n) is 7.98. The maximum atomic E-state index is 12.7. The highest BCUT2D eigenvalue weighted by Crippen LogP contribution is 2.35. The van der Waals surface area contributed by atoms with Gasteiger partial charge >= 0.3 is 0 Å². The second kappa shape index (κ2) is 6.46. The summed E-state index contributed by atoms with van der Waals surface area (Å²) < 4.78 is 12.0. The zero-order valence-electron chi connectivity index (χ0n) is 14.3. The molecule has 0 saturated heterocycles. The van der Waals surface area contributed by atoms with Crippen molar-refractivity contribution in [1.82, 2.24) is 9.78 Å². The van der Waals surface area contributed by atoms with Crippen LogP contribution in [0.1, 0.15) is 41.5 Å². The summed E-state index contributed by atoms with van der Waals surface area (Å²) in [6.07, 6.45) is 0.565. The summed E-state index contributed by atoms with van der Waals surface area (Å²) in [5, 5.41) is 7.05. The molecule has 1 aliphatic rings. The third-order valence-electron chi connectivity index (χ3n) is 4.23. The third kappa shape index (κ3) is 3.02. The number of aryl methyl sites for hydroxylation is 2. The molecule has 0 fully saturated rings. The monoisotopic (exact) mass is 344 g/mol. The number of nitrogens with one attached hydrogen (secondary N) is 1. The maximum absolute atomic E-state index is 12.7. The zero-order chi connectivity index (χ0) is 18.1. The number of primary amides is 1. The SMILES string of the molecule is CCc1nn(C)c(C(N)=O)c1NC(=O)C(C)c1ccc2c(c1)OCO2. The molecule has 132 valence electrons. The third-order valence-corrected chi connectivity index (χ3v) is 4.23. The Hall–Kier alpha value is -3.03. The second-order valence-electron chi connectivity index (χ2n) is 5.84. The van der Waals surface area contributed by atoms with Crippen molar-refractivity contribution in [3.8, 4) is 11.5 Å². The predicted octanol–water partition coefficient (Wildman–Crippen LogP) is 1.55. The molecule has 3 rings (SSSR count). The molecule has 2 aromatic rings. The predicted molar refractivity (Wildman–Crippen MR) is 90.7 cm³/mol. The number of benzene rings is 1. The van der Waals surface area contributed by atoms with E-state index in [1.807, 2.05) is 13.0 Å². The summed E-state index contributed by atoms with van der Waals surface area (Å²) in [6, 6.07) is 5.38. The minimum atomic E-state index is -0.638. The van der Waals surface area contributed by atoms with Crippen molar-refractivity contribution in [1.29, 1.82) is 0 Å². The maximum Gasteiger partial charge on any atom is 0.269 e. The number of nitrogens with two attached hydrogens (primary N) is 1. The number of carbonyl (C=O) groups excluding carboxylic acids is 2. The molecule has 2 amide bonds. The van der Waals surface area contributed by atoms with Gasteiger partial charge in [0.15, 0.2) is 11.5 Å². The highest BCUT2D eigenvalue weighted by Gasteiger charge is 2.25. The van der Waals surface area contributed by atoms with Crippen molar-refractivity contribution < 1.29 is 19.1 Å². The molecule has 1 unspecified atom stereocenters. The Morgan fingerprint density at radius 3 is 2.76 bits per heavy atom. The number of amides is 2. The van der Waals surface area contributed by atoms with E-state index in [2.05, 4.69) is 10.4 Å². The van der Waals surface area contributed by atoms with E-state index < -0.39 is 11.8 Å². The number of fused-ring (bicyclic) bond motifs is 1. The lowest BCUT2D eigenvalue weighted by Crippen LogP contribution is -2.23. The van der Waals surface area contributed by atoms with E-state index in [9.17, 15) is 9.59 Å². The number of hydrogen-bond donors (Lipinski definition) is 2. The molecule has 1 atom stereocenters. The summed E-state index contributed by atoms with van der Waals surface area (Å²) in [7, 11) is 1.62. The van der Waals surface area contributed by atoms with Gasteiger partial charge in [-0.15, -0.1) is 0 Å². The van der Waals surface area contributed by atoms with Crippen LogP contribution in [0.25, 0.3) is 0 Å². The zero-order valence-corrected chi connectivity index (χ0v) is 14.3. The van der Waals surface area contributed by atoms with Gasteiger partial charge in [-0.3, -0.25) is 14.3 Å². The van der Waals surface area contributed by atoms with E-state index in [0.717, 1.165) is 5.56 Å². The van der Waals surface area contributed by atoms with Gasteiger partial charge in [-0.05, 0) is 31.0 Å². The minimum absolute atomic E-state index is 0.177. The van der Waals surface area contributed by atoms with Crippen molar-refractivity contribution >= 4 is 17.5 Å². The standard InChI is InChI=1S/C17H20N4O4/c1-4-11-14(15(16(18)22)21(3)20-11)19-17(23)9(2)10-5-6-12-13(7-10)25-8-24-12/h5-7,9H,4,8H2,1-3H3,(H2,18,22)(H,19,23). The molecule has 0 spiro atoms. The Morgan fingerprint density at radius 1 is 1.36 bits per heavy atom. The lowest BCUT2D eigenvalue weighted by molar-refractivity contribution is -0.117. The van der Waals surface area contributed by atoms with Gasteiger partial charge in [-0.25, -0.2) is 0 Å². The Morgan fingerprint density at radius 2 is 2.08 bits per heavy atom. The topological polar surface area (TPSA) is 108 Å². The molecule has 0 saturated carbocycles. The van der Waals surface area contributed by atoms with Gasteiger partial charge in [-0.1, -0.05) is 13.0 Å². The normalized spacial score (nSPS) is 13.6. The quantitative estimate of drug-likeness (QED) is 0.855. The van der Waals surface area contributed by atoms with Gasteiger partial charge < -0.3 is 20.5 Å². The Kier molecular flexibility index (Phi) is 4.35. The molecule has 25 heavy (non-hydrogen) atoms. The van der Waals surface area contributed by atoms with E-state index in [1.54, 1.807) is 26.1 Å². The molecule has 1 aliphatic heterocycles. The largest absolute Gasteiger partial charge is 0.454 e. The van der Waals surface area contributed by atoms with Gasteiger partial charge in [0.1, 0.15) is 5.69 Å². The first-order valence-corrected chi connectivity index (χ1v) is 7.98. The lowest BCUT2D eigenvalue weighted by Gasteiger charge is -2.14. The van der Waals surface area contributed by atoms with Gasteiger partial charge in [0, 0.05) is 7.05 Å². The molecule has 8 heteroatoms. The average Bonchev–Trinajstić information content (AvgIpc) is 3.17. The molecule has 8 nitrogen and oxygen atoms in total. The van der Waals surface area contributed by atoms with Crippen molar-refractivity contribution in [2.75, 3.05) is 12.1 Å². The molecule has 1 aromatic carbocycles. The first kappa shape index (κ1) is 16.8. The fourth-order valence-corrected chi connectivity index (χ4v) is 2.81. The van der Waals surface area contributed by atoms with Crippen LogP contribution in [0.5, 0.6) is 11.5 Å². The van der Waals surface area contributed by atoms with E-state index in [4.69, 9.17) is 15.2 Å². The first-order chi connectivity index (χ1) is 11.9. The summed E-state index contributed by atoms with van der Waals surface area (Å²) in [5.41, 5.74) is 7.38. The van der Waals surface area contributed by atoms with Crippen LogP contribution in [-0.4, -0.2) is 28.4 Å². The van der Waals surface area contributed by atoms with Gasteiger partial charge in [0.25, 0.3) is 5.91 Å². The summed E-state index contributed by atoms with van der Waals surface area (Å²) in [4.78, 5) is 24.4. The number of carbonyl (C=O) groups is 2. The number of rotatable bonds is 5. The molecular formula is C17H20N4O4. The molecule has 0 radical (unpaired) electrons. The van der Waals surface area contributed by atoms with Crippen LogP contribution in [0.3, 0.4) is 0 Å². The molecule has 0 aliphatic carbocycles. The summed E-state index contributed by atoms with van der Waals surface area (Å²) in [5.74, 6) is -0.0801. The van der Waals surface area contributed by atoms with Crippen molar-refractivity contribution in [2.45, 2.75) is 26.2 Å². The van der Waals surface area contributed by atoms with Crippen LogP contribution in [0, 0.1) is 0 Å². The van der Waals surface area contributed by atoms with E-state index >= 15 is 0 Å². The van der Waals surface area contributed by atoms with Gasteiger partial charge in [-0.2, -0.15) is 5.10 Å². The summed E-state index contributed by atoms with van der Waals surface area (Å²) >= 11 is 0. The Labute approximate surface area is 144 Å². The Bertz CT molecular complexity index is 843. The van der Waals surface area contributed by atoms with Crippen LogP contribution in [0.4, 0.5) is 5.69 Å². The lowest BCUT2D eigenvalue weighted by atomic mass is 9.99. The van der Waals surface area contributed by atoms with Crippen molar-refractivity contribution in [3.05, 3.63) is 35.2 Å². The van der Waals surface area contributed by atoms with Gasteiger partial charge in [0.05, 0.1) is 17.3 Å². The number of nitrogens with zero attached hydrogens (tertiary/aromatic N) is 2. The van der Waals surface area contributed by atoms with Crippen LogP contribution < -0.4 is 20.5 Å². The van der Waals surface area contributed by atoms with Crippen molar-refractivity contribution in [2.24, 2.45) is 12.8 Å². The van der Waals surface area contributed by atoms with Crippen LogP contribution in [0.15, 0.2) is 18.2 Å². The average molecular weight is 344 g/mol. The fourth-order valence-electron chi connectivity index (χ4n) is 2.81. The van der Waals surface area contributed by atoms with E-state index in [-0.39, 0.29) is 18.4 Å². The smallest absolute Gasteiger partial charge is 0.269 e. The van der Waals surface area contributed by atoms with Crippen molar-refractivity contribution in [3.63, 3.8) is 0 Å².